The van der Waals surface area contributed by atoms with E-state index in [1.807, 2.05) is 0 Å². The zero-order valence-electron chi connectivity index (χ0n) is 7.61. The van der Waals surface area contributed by atoms with E-state index < -0.39 is 6.03 Å². The first-order chi connectivity index (χ1) is 6.22. The molecule has 0 aromatic carbocycles. The molecule has 0 aliphatic rings. The molecular formula is C7H16N4O2. The zero-order chi connectivity index (χ0) is 10.1. The number of nitrogens with zero attached hydrogens (tertiary/aromatic N) is 2. The van der Waals surface area contributed by atoms with Crippen molar-refractivity contribution in [1.82, 2.24) is 5.01 Å². The molecule has 0 radical (unpaired) electrons. The van der Waals surface area contributed by atoms with Crippen molar-refractivity contribution in [2.24, 2.45) is 16.8 Å². The third-order valence-electron chi connectivity index (χ3n) is 1.68. The molecule has 6 nitrogen and oxygen atoms in total. The first-order valence-electron chi connectivity index (χ1n) is 4.32. The average Bonchev–Trinajstić information content (AvgIpc) is 2.10. The first kappa shape index (κ1) is 11.8. The van der Waals surface area contributed by atoms with Crippen LogP contribution in [-0.2, 0) is 0 Å². The van der Waals surface area contributed by atoms with Gasteiger partial charge in [0.15, 0.2) is 0 Å². The average molecular weight is 188 g/mol. The van der Waals surface area contributed by atoms with Crippen LogP contribution in [0.3, 0.4) is 0 Å². The lowest BCUT2D eigenvalue weighted by atomic mass is 10.2. The Labute approximate surface area is 77.2 Å². The second-order valence-corrected chi connectivity index (χ2v) is 2.75. The van der Waals surface area contributed by atoms with Crippen molar-refractivity contribution < 1.29 is 4.79 Å². The second-order valence-electron chi connectivity index (χ2n) is 2.75. The lowest BCUT2D eigenvalue weighted by Gasteiger charge is -2.08. The minimum atomic E-state index is -0.797. The van der Waals surface area contributed by atoms with E-state index in [-0.39, 0.29) is 0 Å². The molecule has 0 atom stereocenters. The summed E-state index contributed by atoms with van der Waals surface area (Å²) in [4.78, 5) is 20.5. The number of primary amides is 1. The van der Waals surface area contributed by atoms with Gasteiger partial charge in [0.25, 0.3) is 0 Å². The predicted molar refractivity (Wildman–Crippen MR) is 49.6 cm³/mol. The van der Waals surface area contributed by atoms with E-state index in [9.17, 15) is 9.70 Å². The number of hydrogen-bond acceptors (Lipinski definition) is 4. The number of amides is 2. The predicted octanol–water partition coefficient (Wildman–Crippen LogP) is 0.568. The maximum absolute atomic E-state index is 10.5. The van der Waals surface area contributed by atoms with Gasteiger partial charge in [0.05, 0.1) is 5.29 Å². The Kier molecular flexibility index (Phi) is 6.80. The van der Waals surface area contributed by atoms with Crippen LogP contribution < -0.4 is 11.5 Å². The minimum Gasteiger partial charge on any atom is -0.350 e. The normalized spacial score (nSPS) is 9.62. The number of unbranched alkanes of at least 4 members (excludes halogenated alkanes) is 3. The molecule has 0 heterocycles. The Balaban J connectivity index is 3.39. The van der Waals surface area contributed by atoms with Crippen molar-refractivity contribution in [1.29, 1.82) is 0 Å². The maximum atomic E-state index is 10.5. The number of nitroso groups, excluding NO2 is 1. The molecular weight excluding hydrogens is 172 g/mol. The molecule has 0 aromatic heterocycles. The number of carbonyl (C=O) groups excluding carboxylic acids is 1. The summed E-state index contributed by atoms with van der Waals surface area (Å²) in [6.45, 7) is 0.967. The van der Waals surface area contributed by atoms with Gasteiger partial charge in [0.1, 0.15) is 0 Å². The molecule has 0 aromatic rings. The van der Waals surface area contributed by atoms with Crippen LogP contribution >= 0.6 is 0 Å². The lowest BCUT2D eigenvalue weighted by Crippen LogP contribution is -2.31. The van der Waals surface area contributed by atoms with E-state index >= 15 is 0 Å². The topological polar surface area (TPSA) is 102 Å². The van der Waals surface area contributed by atoms with Gasteiger partial charge in [-0.15, -0.1) is 4.91 Å². The van der Waals surface area contributed by atoms with E-state index in [4.69, 9.17) is 11.5 Å². The summed E-state index contributed by atoms with van der Waals surface area (Å²) in [5.74, 6) is 0. The maximum Gasteiger partial charge on any atom is 0.337 e. The zero-order valence-corrected chi connectivity index (χ0v) is 7.61. The van der Waals surface area contributed by atoms with Crippen molar-refractivity contribution >= 4 is 6.03 Å². The van der Waals surface area contributed by atoms with E-state index in [1.54, 1.807) is 0 Å². The Morgan fingerprint density at radius 2 is 1.85 bits per heavy atom. The Bertz CT molecular complexity index is 163. The number of carbonyl (C=O) groups is 1. The summed E-state index contributed by atoms with van der Waals surface area (Å²) in [5, 5.41) is 3.21. The SMILES string of the molecule is NCCCCCCN(N=O)C(N)=O. The summed E-state index contributed by atoms with van der Waals surface area (Å²) in [5.41, 5.74) is 10.2. The molecule has 0 aliphatic heterocycles. The molecule has 6 heteroatoms. The Morgan fingerprint density at radius 1 is 1.23 bits per heavy atom. The van der Waals surface area contributed by atoms with Gasteiger partial charge in [0.2, 0.25) is 0 Å². The monoisotopic (exact) mass is 188 g/mol. The summed E-state index contributed by atoms with van der Waals surface area (Å²) in [7, 11) is 0. The molecule has 0 spiro atoms. The molecule has 0 rings (SSSR count). The van der Waals surface area contributed by atoms with Crippen LogP contribution in [0.25, 0.3) is 0 Å². The molecule has 2 amide bonds. The molecule has 0 saturated carbocycles. The van der Waals surface area contributed by atoms with Crippen LogP contribution in [0.15, 0.2) is 5.29 Å². The summed E-state index contributed by atoms with van der Waals surface area (Å²) >= 11 is 0. The number of urea groups is 1. The fourth-order valence-corrected chi connectivity index (χ4v) is 0.951. The van der Waals surface area contributed by atoms with Crippen LogP contribution in [0.2, 0.25) is 0 Å². The van der Waals surface area contributed by atoms with Gasteiger partial charge in [-0.25, -0.2) is 4.79 Å². The molecule has 0 unspecified atom stereocenters. The van der Waals surface area contributed by atoms with Gasteiger partial charge in [-0.3, -0.25) is 0 Å². The molecule has 0 bridgehead atoms. The van der Waals surface area contributed by atoms with Crippen LogP contribution in [0, 0.1) is 4.91 Å². The number of rotatable bonds is 7. The van der Waals surface area contributed by atoms with E-state index in [1.165, 1.54) is 0 Å². The minimum absolute atomic E-state index is 0.295. The van der Waals surface area contributed by atoms with Crippen molar-refractivity contribution in [3.05, 3.63) is 4.91 Å². The van der Waals surface area contributed by atoms with Gasteiger partial charge in [0, 0.05) is 6.54 Å². The second kappa shape index (κ2) is 7.48. The van der Waals surface area contributed by atoms with E-state index in [2.05, 4.69) is 5.29 Å². The van der Waals surface area contributed by atoms with Crippen molar-refractivity contribution in [2.45, 2.75) is 25.7 Å². The van der Waals surface area contributed by atoms with Crippen LogP contribution in [0.1, 0.15) is 25.7 Å². The van der Waals surface area contributed by atoms with Crippen molar-refractivity contribution in [3.8, 4) is 0 Å². The summed E-state index contributed by atoms with van der Waals surface area (Å²) in [6, 6.07) is -0.797. The highest BCUT2D eigenvalue weighted by Crippen LogP contribution is 2.01. The highest BCUT2D eigenvalue weighted by atomic mass is 16.3. The smallest absolute Gasteiger partial charge is 0.337 e. The van der Waals surface area contributed by atoms with E-state index in [0.29, 0.717) is 13.1 Å². The van der Waals surface area contributed by atoms with Gasteiger partial charge >= 0.3 is 6.03 Å². The van der Waals surface area contributed by atoms with E-state index in [0.717, 1.165) is 30.7 Å². The molecule has 0 aliphatic carbocycles. The van der Waals surface area contributed by atoms with Crippen LogP contribution in [0.5, 0.6) is 0 Å². The van der Waals surface area contributed by atoms with Gasteiger partial charge in [-0.05, 0) is 19.4 Å². The quantitative estimate of drug-likeness (QED) is 0.347. The number of hydrogen-bond donors (Lipinski definition) is 2. The third-order valence-corrected chi connectivity index (χ3v) is 1.68. The molecule has 0 fully saturated rings. The first-order valence-corrected chi connectivity index (χ1v) is 4.32. The molecule has 0 saturated heterocycles. The van der Waals surface area contributed by atoms with Gasteiger partial charge in [-0.1, -0.05) is 12.8 Å². The van der Waals surface area contributed by atoms with Gasteiger partial charge < -0.3 is 11.5 Å². The number of nitrogens with two attached hydrogens (primary N) is 2. The summed E-state index contributed by atoms with van der Waals surface area (Å²) in [6.07, 6.45) is 3.62. The fourth-order valence-electron chi connectivity index (χ4n) is 0.951. The Hall–Kier alpha value is -1.17. The summed E-state index contributed by atoms with van der Waals surface area (Å²) < 4.78 is 0. The van der Waals surface area contributed by atoms with Gasteiger partial charge in [-0.2, -0.15) is 5.01 Å². The standard InChI is InChI=1S/C7H16N4O2/c8-5-3-1-2-4-6-11(10-13)7(9)12/h1-6,8H2,(H2,9,12). The fraction of sp³-hybridized carbons (Fsp3) is 0.857. The highest BCUT2D eigenvalue weighted by molar-refractivity contribution is 5.71. The third kappa shape index (κ3) is 6.03. The van der Waals surface area contributed by atoms with Crippen LogP contribution in [0.4, 0.5) is 4.79 Å². The molecule has 76 valence electrons. The largest absolute Gasteiger partial charge is 0.350 e. The molecule has 13 heavy (non-hydrogen) atoms. The van der Waals surface area contributed by atoms with Crippen molar-refractivity contribution in [2.75, 3.05) is 13.1 Å². The lowest BCUT2D eigenvalue weighted by molar-refractivity contribution is 0.208. The molecule has 4 N–H and O–H groups in total. The highest BCUT2D eigenvalue weighted by Gasteiger charge is 2.07. The van der Waals surface area contributed by atoms with Crippen LogP contribution in [-0.4, -0.2) is 24.1 Å². The Morgan fingerprint density at radius 3 is 2.31 bits per heavy atom. The van der Waals surface area contributed by atoms with Crippen molar-refractivity contribution in [3.63, 3.8) is 0 Å².